The number of nitro groups is 1. The first-order valence-electron chi connectivity index (χ1n) is 10.3. The van der Waals surface area contributed by atoms with Crippen molar-refractivity contribution < 1.29 is 14.5 Å². The number of nitro benzene ring substituents is 1. The van der Waals surface area contributed by atoms with Crippen molar-refractivity contribution >= 4 is 46.6 Å². The molecule has 0 aliphatic carbocycles. The number of halogens is 1. The molecule has 0 bridgehead atoms. The number of nitrogens with zero attached hydrogens (tertiary/aromatic N) is 4. The number of non-ortho nitro benzene ring substituents is 1. The van der Waals surface area contributed by atoms with Crippen LogP contribution in [0.15, 0.2) is 53.7 Å². The van der Waals surface area contributed by atoms with E-state index >= 15 is 0 Å². The van der Waals surface area contributed by atoms with E-state index in [1.807, 2.05) is 19.9 Å². The van der Waals surface area contributed by atoms with Crippen LogP contribution in [0.25, 0.3) is 0 Å². The second-order valence-corrected chi connectivity index (χ2v) is 9.07. The van der Waals surface area contributed by atoms with Crippen LogP contribution in [0.5, 0.6) is 0 Å². The third kappa shape index (κ3) is 6.12. The van der Waals surface area contributed by atoms with Gasteiger partial charge in [-0.15, -0.1) is 10.2 Å². The van der Waals surface area contributed by atoms with Gasteiger partial charge >= 0.3 is 0 Å². The zero-order valence-electron chi connectivity index (χ0n) is 18.7. The van der Waals surface area contributed by atoms with Crippen LogP contribution in [0.4, 0.5) is 11.4 Å². The molecule has 2 amide bonds. The molecule has 0 unspecified atom stereocenters. The molecule has 0 aliphatic rings. The Morgan fingerprint density at radius 1 is 1.18 bits per heavy atom. The lowest BCUT2D eigenvalue weighted by atomic mass is 10.0. The van der Waals surface area contributed by atoms with E-state index in [-0.39, 0.29) is 34.0 Å². The Bertz CT molecular complexity index is 1200. The lowest BCUT2D eigenvalue weighted by Gasteiger charge is -2.21. The second-order valence-electron chi connectivity index (χ2n) is 7.72. The van der Waals surface area contributed by atoms with Gasteiger partial charge in [-0.1, -0.05) is 55.4 Å². The zero-order valence-corrected chi connectivity index (χ0v) is 20.3. The number of anilines is 1. The smallest absolute Gasteiger partial charge is 0.271 e. The van der Waals surface area contributed by atoms with Gasteiger partial charge in [0.25, 0.3) is 11.6 Å². The summed E-state index contributed by atoms with van der Waals surface area (Å²) in [5.74, 6) is -0.0515. The van der Waals surface area contributed by atoms with Crippen LogP contribution in [0, 0.1) is 16.0 Å². The summed E-state index contributed by atoms with van der Waals surface area (Å²) in [4.78, 5) is 35.4. The number of hydrogen-bond acceptors (Lipinski definition) is 7. The largest absolute Gasteiger partial charge is 0.342 e. The molecule has 34 heavy (non-hydrogen) atoms. The number of nitrogens with one attached hydrogen (secondary N) is 2. The number of amides is 2. The van der Waals surface area contributed by atoms with E-state index < -0.39 is 16.9 Å². The monoisotopic (exact) mass is 502 g/mol. The molecule has 0 radical (unpaired) electrons. The van der Waals surface area contributed by atoms with E-state index in [4.69, 9.17) is 11.6 Å². The minimum atomic E-state index is -0.566. The van der Waals surface area contributed by atoms with Gasteiger partial charge in [-0.3, -0.25) is 19.7 Å². The highest BCUT2D eigenvalue weighted by Crippen LogP contribution is 2.28. The van der Waals surface area contributed by atoms with Crippen molar-refractivity contribution in [3.63, 3.8) is 0 Å². The van der Waals surface area contributed by atoms with Crippen LogP contribution in [0.1, 0.15) is 36.1 Å². The van der Waals surface area contributed by atoms with Crippen LogP contribution in [-0.4, -0.2) is 37.3 Å². The van der Waals surface area contributed by atoms with E-state index in [1.165, 1.54) is 18.2 Å². The molecule has 0 aliphatic heterocycles. The summed E-state index contributed by atoms with van der Waals surface area (Å²) >= 11 is 7.18. The SMILES string of the molecule is CC(C)[C@H](NC(=O)c1ccccc1)c1nnc(SCC(=O)Nc2cc([N+](=O)[O-])ccc2Cl)n1C. The summed E-state index contributed by atoms with van der Waals surface area (Å²) in [6.07, 6.45) is 0. The van der Waals surface area contributed by atoms with Crippen LogP contribution >= 0.6 is 23.4 Å². The summed E-state index contributed by atoms with van der Waals surface area (Å²) < 4.78 is 1.73. The van der Waals surface area contributed by atoms with E-state index in [1.54, 1.807) is 35.9 Å². The van der Waals surface area contributed by atoms with Gasteiger partial charge < -0.3 is 15.2 Å². The highest BCUT2D eigenvalue weighted by Gasteiger charge is 2.25. The van der Waals surface area contributed by atoms with Gasteiger partial charge in [0.15, 0.2) is 11.0 Å². The van der Waals surface area contributed by atoms with Crippen molar-refractivity contribution in [3.05, 3.63) is 75.1 Å². The van der Waals surface area contributed by atoms with Gasteiger partial charge in [-0.05, 0) is 24.1 Å². The molecular formula is C22H23ClN6O4S. The summed E-state index contributed by atoms with van der Waals surface area (Å²) in [7, 11) is 1.76. The Morgan fingerprint density at radius 2 is 1.88 bits per heavy atom. The number of carbonyl (C=O) groups is 2. The third-order valence-corrected chi connectivity index (χ3v) is 6.25. The molecule has 1 atom stereocenters. The Morgan fingerprint density at radius 3 is 2.53 bits per heavy atom. The van der Waals surface area contributed by atoms with E-state index in [0.717, 1.165) is 11.8 Å². The summed E-state index contributed by atoms with van der Waals surface area (Å²) in [6.45, 7) is 3.93. The van der Waals surface area contributed by atoms with Gasteiger partial charge in [0, 0.05) is 24.7 Å². The first kappa shape index (κ1) is 25.2. The molecule has 2 aromatic carbocycles. The van der Waals surface area contributed by atoms with Crippen molar-refractivity contribution in [3.8, 4) is 0 Å². The van der Waals surface area contributed by atoms with Crippen LogP contribution < -0.4 is 10.6 Å². The van der Waals surface area contributed by atoms with Crippen LogP contribution in [0.2, 0.25) is 5.02 Å². The summed E-state index contributed by atoms with van der Waals surface area (Å²) in [5.41, 5.74) is 0.521. The van der Waals surface area contributed by atoms with Gasteiger partial charge in [0.2, 0.25) is 5.91 Å². The Balaban J connectivity index is 1.67. The molecular weight excluding hydrogens is 480 g/mol. The molecule has 10 nitrogen and oxygen atoms in total. The first-order valence-corrected chi connectivity index (χ1v) is 11.7. The lowest BCUT2D eigenvalue weighted by Crippen LogP contribution is -2.33. The number of thioether (sulfide) groups is 1. The van der Waals surface area contributed by atoms with E-state index in [9.17, 15) is 19.7 Å². The first-order chi connectivity index (χ1) is 16.2. The average Bonchev–Trinajstić information content (AvgIpc) is 3.17. The molecule has 0 saturated heterocycles. The topological polar surface area (TPSA) is 132 Å². The van der Waals surface area contributed by atoms with Crippen molar-refractivity contribution in [2.24, 2.45) is 13.0 Å². The van der Waals surface area contributed by atoms with Crippen molar-refractivity contribution in [1.82, 2.24) is 20.1 Å². The van der Waals surface area contributed by atoms with Gasteiger partial charge in [0.05, 0.1) is 27.4 Å². The second kappa shape index (κ2) is 11.1. The maximum Gasteiger partial charge on any atom is 0.271 e. The average molecular weight is 503 g/mol. The minimum Gasteiger partial charge on any atom is -0.342 e. The Hall–Kier alpha value is -3.44. The molecule has 1 aromatic heterocycles. The quantitative estimate of drug-likeness (QED) is 0.254. The Kier molecular flexibility index (Phi) is 8.24. The molecule has 2 N–H and O–H groups in total. The number of hydrogen-bond donors (Lipinski definition) is 2. The van der Waals surface area contributed by atoms with Gasteiger partial charge in [-0.2, -0.15) is 0 Å². The minimum absolute atomic E-state index is 0.0201. The maximum atomic E-state index is 12.7. The molecule has 12 heteroatoms. The highest BCUT2D eigenvalue weighted by molar-refractivity contribution is 7.99. The normalized spacial score (nSPS) is 11.8. The predicted octanol–water partition coefficient (Wildman–Crippen LogP) is 4.23. The standard InChI is InChI=1S/C22H23ClN6O4S/c1-13(2)19(25-21(31)14-7-5-4-6-8-14)20-26-27-22(28(20)3)34-12-18(30)24-17-11-15(29(32)33)9-10-16(17)23/h4-11,13,19H,12H2,1-3H3,(H,24,30)(H,25,31)/t19-/m0/s1. The summed E-state index contributed by atoms with van der Waals surface area (Å²) in [5, 5.41) is 25.6. The highest BCUT2D eigenvalue weighted by atomic mass is 35.5. The van der Waals surface area contributed by atoms with E-state index in [2.05, 4.69) is 20.8 Å². The number of rotatable bonds is 9. The Labute approximate surface area is 205 Å². The lowest BCUT2D eigenvalue weighted by molar-refractivity contribution is -0.384. The van der Waals surface area contributed by atoms with Crippen molar-refractivity contribution in [2.45, 2.75) is 25.0 Å². The molecule has 0 saturated carbocycles. The molecule has 0 spiro atoms. The van der Waals surface area contributed by atoms with E-state index in [0.29, 0.717) is 16.5 Å². The summed E-state index contributed by atoms with van der Waals surface area (Å²) in [6, 6.07) is 12.3. The zero-order chi connectivity index (χ0) is 24.8. The fourth-order valence-corrected chi connectivity index (χ4v) is 3.99. The van der Waals surface area contributed by atoms with Crippen LogP contribution in [-0.2, 0) is 11.8 Å². The number of aromatic nitrogens is 3. The van der Waals surface area contributed by atoms with Crippen molar-refractivity contribution in [1.29, 1.82) is 0 Å². The fourth-order valence-electron chi connectivity index (χ4n) is 3.11. The molecule has 178 valence electrons. The van der Waals surface area contributed by atoms with Gasteiger partial charge in [-0.25, -0.2) is 0 Å². The predicted molar refractivity (Wildman–Crippen MR) is 130 cm³/mol. The fraction of sp³-hybridized carbons (Fsp3) is 0.273. The number of benzene rings is 2. The molecule has 3 aromatic rings. The van der Waals surface area contributed by atoms with Crippen molar-refractivity contribution in [2.75, 3.05) is 11.1 Å². The maximum absolute atomic E-state index is 12.7. The molecule has 0 fully saturated rings. The van der Waals surface area contributed by atoms with Gasteiger partial charge in [0.1, 0.15) is 0 Å². The third-order valence-electron chi connectivity index (χ3n) is 4.90. The molecule has 3 rings (SSSR count). The van der Waals surface area contributed by atoms with Crippen LogP contribution in [0.3, 0.4) is 0 Å². The number of carbonyl (C=O) groups excluding carboxylic acids is 2. The molecule has 1 heterocycles.